The number of nitrogens with one attached hydrogen (secondary N) is 1. The molecule has 2 aliphatic heterocycles. The van der Waals surface area contributed by atoms with Gasteiger partial charge in [0.05, 0.1) is 26.3 Å². The molecule has 2 amide bonds. The first kappa shape index (κ1) is 20.0. The average molecular weight is 380 g/mol. The van der Waals surface area contributed by atoms with Crippen molar-refractivity contribution in [2.24, 2.45) is 5.92 Å². The molecule has 1 aromatic rings. The Bertz CT molecular complexity index is 622. The van der Waals surface area contributed by atoms with E-state index in [1.54, 1.807) is 24.1 Å². The van der Waals surface area contributed by atoms with Crippen molar-refractivity contribution in [3.8, 4) is 0 Å². The minimum atomic E-state index is -0.226. The molecule has 6 nitrogen and oxygen atoms in total. The maximum absolute atomic E-state index is 13.5. The average Bonchev–Trinajstić information content (AvgIpc) is 3.07. The lowest BCUT2D eigenvalue weighted by Crippen LogP contribution is -2.65. The highest BCUT2D eigenvalue weighted by molar-refractivity contribution is 5.75. The van der Waals surface area contributed by atoms with E-state index in [9.17, 15) is 9.18 Å². The van der Waals surface area contributed by atoms with Crippen molar-refractivity contribution < 1.29 is 23.4 Å². The van der Waals surface area contributed by atoms with Crippen molar-refractivity contribution in [2.75, 3.05) is 46.6 Å². The highest BCUT2D eigenvalue weighted by Crippen LogP contribution is 2.39. The fourth-order valence-electron chi connectivity index (χ4n) is 3.71. The normalized spacial score (nSPS) is 20.7. The van der Waals surface area contributed by atoms with E-state index in [1.807, 2.05) is 6.07 Å². The van der Waals surface area contributed by atoms with Crippen molar-refractivity contribution in [2.45, 2.75) is 31.5 Å². The molecule has 2 fully saturated rings. The van der Waals surface area contributed by atoms with Crippen LogP contribution < -0.4 is 5.32 Å². The summed E-state index contributed by atoms with van der Waals surface area (Å²) >= 11 is 0. The van der Waals surface area contributed by atoms with Gasteiger partial charge in [-0.2, -0.15) is 0 Å². The molecule has 2 heterocycles. The second-order valence-corrected chi connectivity index (χ2v) is 7.43. The molecule has 0 saturated carbocycles. The third-order valence-electron chi connectivity index (χ3n) is 5.22. The predicted molar refractivity (Wildman–Crippen MR) is 98.9 cm³/mol. The number of rotatable bonds is 9. The number of urea groups is 1. The first-order chi connectivity index (χ1) is 13.1. The van der Waals surface area contributed by atoms with Gasteiger partial charge in [-0.1, -0.05) is 18.2 Å². The van der Waals surface area contributed by atoms with E-state index < -0.39 is 0 Å². The molecule has 0 aliphatic carbocycles. The van der Waals surface area contributed by atoms with Crippen LogP contribution in [-0.2, 0) is 20.8 Å². The fourth-order valence-corrected chi connectivity index (χ4v) is 3.71. The van der Waals surface area contributed by atoms with Crippen LogP contribution >= 0.6 is 0 Å². The summed E-state index contributed by atoms with van der Waals surface area (Å²) in [5, 5.41) is 2.90. The monoisotopic (exact) mass is 380 g/mol. The molecule has 1 unspecified atom stereocenters. The van der Waals surface area contributed by atoms with Gasteiger partial charge in [-0.05, 0) is 31.2 Å². The molecule has 2 saturated heterocycles. The quantitative estimate of drug-likeness (QED) is 0.669. The van der Waals surface area contributed by atoms with Crippen molar-refractivity contribution in [3.63, 3.8) is 0 Å². The highest BCUT2D eigenvalue weighted by atomic mass is 19.1. The van der Waals surface area contributed by atoms with Gasteiger partial charge in [0.1, 0.15) is 11.4 Å². The summed E-state index contributed by atoms with van der Waals surface area (Å²) < 4.78 is 30.1. The van der Waals surface area contributed by atoms with Crippen LogP contribution in [0.5, 0.6) is 0 Å². The van der Waals surface area contributed by atoms with E-state index in [4.69, 9.17) is 14.2 Å². The molecular formula is C20H29FN2O4. The zero-order valence-electron chi connectivity index (χ0n) is 15.9. The highest BCUT2D eigenvalue weighted by Gasteiger charge is 2.51. The van der Waals surface area contributed by atoms with Gasteiger partial charge < -0.3 is 24.4 Å². The molecule has 150 valence electrons. The Labute approximate surface area is 160 Å². The molecule has 2 aliphatic rings. The van der Waals surface area contributed by atoms with Crippen LogP contribution in [0, 0.1) is 11.7 Å². The molecule has 1 N–H and O–H groups in total. The Morgan fingerprint density at radius 1 is 1.37 bits per heavy atom. The van der Waals surface area contributed by atoms with Gasteiger partial charge in [0.25, 0.3) is 0 Å². The molecule has 0 aromatic heterocycles. The summed E-state index contributed by atoms with van der Waals surface area (Å²) in [6.45, 7) is 4.15. The summed E-state index contributed by atoms with van der Waals surface area (Å²) in [5.74, 6) is 0.202. The number of hydrogen-bond acceptors (Lipinski definition) is 4. The van der Waals surface area contributed by atoms with E-state index in [0.717, 1.165) is 19.3 Å². The van der Waals surface area contributed by atoms with E-state index in [-0.39, 0.29) is 17.4 Å². The van der Waals surface area contributed by atoms with Gasteiger partial charge in [-0.3, -0.25) is 0 Å². The number of nitrogens with zero attached hydrogens (tertiary/aromatic N) is 1. The van der Waals surface area contributed by atoms with Gasteiger partial charge in [0, 0.05) is 32.4 Å². The lowest BCUT2D eigenvalue weighted by atomic mass is 9.86. The number of carbonyl (C=O) groups excluding carboxylic acids is 1. The van der Waals surface area contributed by atoms with Crippen molar-refractivity contribution in [3.05, 3.63) is 35.6 Å². The summed E-state index contributed by atoms with van der Waals surface area (Å²) in [5.41, 5.74) is 0.405. The predicted octanol–water partition coefficient (Wildman–Crippen LogP) is 2.57. The molecule has 7 heteroatoms. The number of ether oxygens (including phenoxy) is 3. The Morgan fingerprint density at radius 3 is 2.96 bits per heavy atom. The maximum atomic E-state index is 13.5. The Morgan fingerprint density at radius 2 is 2.19 bits per heavy atom. The van der Waals surface area contributed by atoms with Gasteiger partial charge in [-0.25, -0.2) is 9.18 Å². The van der Waals surface area contributed by atoms with Crippen LogP contribution in [-0.4, -0.2) is 63.1 Å². The number of benzene rings is 1. The summed E-state index contributed by atoms with van der Waals surface area (Å²) in [7, 11) is 1.65. The van der Waals surface area contributed by atoms with Crippen LogP contribution in [0.3, 0.4) is 0 Å². The molecule has 3 rings (SSSR count). The fraction of sp³-hybridized carbons (Fsp3) is 0.650. The van der Waals surface area contributed by atoms with E-state index in [1.165, 1.54) is 6.07 Å². The summed E-state index contributed by atoms with van der Waals surface area (Å²) in [6, 6.07) is 6.65. The molecule has 1 atom stereocenters. The smallest absolute Gasteiger partial charge is 0.317 e. The first-order valence-corrected chi connectivity index (χ1v) is 9.59. The standard InChI is InChI=1S/C20H29FN2O4/c1-25-9-4-8-22-19(24)23-14-20(15-23)11-16(12-27-20)7-10-26-13-17-5-2-3-6-18(17)21/h2-3,5-6,16H,4,7-15H2,1H3,(H,22,24). The van der Waals surface area contributed by atoms with Crippen LogP contribution in [0.2, 0.25) is 0 Å². The van der Waals surface area contributed by atoms with Gasteiger partial charge in [-0.15, -0.1) is 0 Å². The second kappa shape index (κ2) is 9.48. The molecule has 1 spiro atoms. The minimum Gasteiger partial charge on any atom is -0.385 e. The lowest BCUT2D eigenvalue weighted by Gasteiger charge is -2.47. The topological polar surface area (TPSA) is 60.0 Å². The SMILES string of the molecule is COCCCNC(=O)N1CC2(CC(CCOCc3ccccc3F)CO2)C1. The van der Waals surface area contributed by atoms with Crippen molar-refractivity contribution >= 4 is 6.03 Å². The van der Waals surface area contributed by atoms with Crippen LogP contribution in [0.25, 0.3) is 0 Å². The van der Waals surface area contributed by atoms with Crippen LogP contribution in [0.15, 0.2) is 24.3 Å². The lowest BCUT2D eigenvalue weighted by molar-refractivity contribution is -0.0913. The van der Waals surface area contributed by atoms with Crippen molar-refractivity contribution in [1.82, 2.24) is 10.2 Å². The minimum absolute atomic E-state index is 0.0306. The number of halogens is 1. The van der Waals surface area contributed by atoms with Crippen LogP contribution in [0.1, 0.15) is 24.8 Å². The zero-order chi connectivity index (χ0) is 19.1. The first-order valence-electron chi connectivity index (χ1n) is 9.59. The number of likely N-dealkylation sites (tertiary alicyclic amines) is 1. The number of amides is 2. The molecule has 1 aromatic carbocycles. The van der Waals surface area contributed by atoms with E-state index >= 15 is 0 Å². The number of methoxy groups -OCH3 is 1. The maximum Gasteiger partial charge on any atom is 0.317 e. The molecule has 0 radical (unpaired) electrons. The van der Waals surface area contributed by atoms with Gasteiger partial charge in [0.15, 0.2) is 0 Å². The van der Waals surface area contributed by atoms with Gasteiger partial charge in [0.2, 0.25) is 0 Å². The number of carbonyl (C=O) groups is 1. The molecular weight excluding hydrogens is 351 g/mol. The Kier molecular flexibility index (Phi) is 7.04. The largest absolute Gasteiger partial charge is 0.385 e. The Balaban J connectivity index is 1.29. The third kappa shape index (κ3) is 5.40. The van der Waals surface area contributed by atoms with E-state index in [2.05, 4.69) is 5.32 Å². The third-order valence-corrected chi connectivity index (χ3v) is 5.22. The van der Waals surface area contributed by atoms with Gasteiger partial charge >= 0.3 is 6.03 Å². The summed E-state index contributed by atoms with van der Waals surface area (Å²) in [4.78, 5) is 13.8. The van der Waals surface area contributed by atoms with E-state index in [0.29, 0.717) is 57.5 Å². The van der Waals surface area contributed by atoms with Crippen LogP contribution in [0.4, 0.5) is 9.18 Å². The zero-order valence-corrected chi connectivity index (χ0v) is 15.9. The number of hydrogen-bond donors (Lipinski definition) is 1. The van der Waals surface area contributed by atoms with Crippen molar-refractivity contribution in [1.29, 1.82) is 0 Å². The summed E-state index contributed by atoms with van der Waals surface area (Å²) in [6.07, 6.45) is 2.65. The molecule has 27 heavy (non-hydrogen) atoms. The Hall–Kier alpha value is -1.70. The second-order valence-electron chi connectivity index (χ2n) is 7.43. The molecule has 0 bridgehead atoms.